The molecule has 9 heteroatoms. The second-order valence-electron chi connectivity index (χ2n) is 12.8. The van der Waals surface area contributed by atoms with E-state index in [-0.39, 0.29) is 17.4 Å². The predicted molar refractivity (Wildman–Crippen MR) is 194 cm³/mol. The van der Waals surface area contributed by atoms with Gasteiger partial charge in [-0.2, -0.15) is 0 Å². The molecule has 47 heavy (non-hydrogen) atoms. The van der Waals surface area contributed by atoms with E-state index in [2.05, 4.69) is 36.4 Å². The maximum absolute atomic E-state index is 13.3. The normalized spacial score (nSPS) is 18.5. The highest BCUT2D eigenvalue weighted by Crippen LogP contribution is 2.31. The van der Waals surface area contributed by atoms with Gasteiger partial charge in [-0.05, 0) is 90.8 Å². The number of aryl methyl sites for hydroxylation is 1. The fraction of sp³-hybridized carbons (Fsp3) is 0.526. The minimum absolute atomic E-state index is 0.0417. The fourth-order valence-electron chi connectivity index (χ4n) is 4.45. The van der Waals surface area contributed by atoms with E-state index in [1.165, 1.54) is 47.9 Å². The number of carbonyl (C=O) groups excluding carboxylic acids is 4. The number of ether oxygens (including phenoxy) is 1. The zero-order valence-corrected chi connectivity index (χ0v) is 30.3. The molecule has 3 amide bonds. The Morgan fingerprint density at radius 1 is 1.00 bits per heavy atom. The number of allylic oxidation sites excluding steroid dienone is 6. The molecule has 3 N–H and O–H groups in total. The van der Waals surface area contributed by atoms with E-state index in [0.717, 1.165) is 31.1 Å². The van der Waals surface area contributed by atoms with Crippen molar-refractivity contribution in [3.8, 4) is 0 Å². The van der Waals surface area contributed by atoms with Crippen LogP contribution < -0.4 is 16.0 Å². The summed E-state index contributed by atoms with van der Waals surface area (Å²) in [5, 5.41) is 2.76. The quantitative estimate of drug-likeness (QED) is 0.352. The number of benzene rings is 1. The number of aldehydes is 1. The number of nitrogens with one attached hydrogen (secondary N) is 1. The second-order valence-corrected chi connectivity index (χ2v) is 12.8. The number of likely N-dealkylation sites (N-methyl/N-ethyl adjacent to an activating group) is 1. The number of carbonyl (C=O) groups is 4. The van der Waals surface area contributed by atoms with Gasteiger partial charge in [0.05, 0.1) is 11.6 Å². The number of para-hydroxylation sites is 1. The number of nitrogens with two attached hydrogens (primary N) is 1. The van der Waals surface area contributed by atoms with Gasteiger partial charge in [0.1, 0.15) is 18.4 Å². The Balaban J connectivity index is 0.000000868. The van der Waals surface area contributed by atoms with E-state index in [1.807, 2.05) is 71.0 Å². The van der Waals surface area contributed by atoms with Gasteiger partial charge in [-0.1, -0.05) is 80.7 Å². The van der Waals surface area contributed by atoms with Crippen LogP contribution >= 0.6 is 0 Å². The number of hydrogen-bond donors (Lipinski definition) is 2. The number of nitrogens with zero attached hydrogens (tertiary/aromatic N) is 2. The lowest BCUT2D eigenvalue weighted by molar-refractivity contribution is -0.134. The highest BCUT2D eigenvalue weighted by atomic mass is 16.5. The number of methoxy groups -OCH3 is 1. The zero-order valence-electron chi connectivity index (χ0n) is 30.3. The van der Waals surface area contributed by atoms with Gasteiger partial charge in [0.2, 0.25) is 18.2 Å². The van der Waals surface area contributed by atoms with Gasteiger partial charge in [0, 0.05) is 19.8 Å². The van der Waals surface area contributed by atoms with E-state index < -0.39 is 24.0 Å². The average molecular weight is 653 g/mol. The summed E-state index contributed by atoms with van der Waals surface area (Å²) >= 11 is 0. The highest BCUT2D eigenvalue weighted by Gasteiger charge is 2.37. The van der Waals surface area contributed by atoms with Crippen molar-refractivity contribution in [3.05, 3.63) is 78.4 Å². The van der Waals surface area contributed by atoms with Gasteiger partial charge in [-0.15, -0.1) is 0 Å². The molecule has 262 valence electrons. The summed E-state index contributed by atoms with van der Waals surface area (Å²) < 4.78 is 4.94. The lowest BCUT2D eigenvalue weighted by atomic mass is 9.93. The van der Waals surface area contributed by atoms with Crippen molar-refractivity contribution in [1.29, 1.82) is 0 Å². The van der Waals surface area contributed by atoms with Crippen LogP contribution in [0.15, 0.2) is 72.9 Å². The van der Waals surface area contributed by atoms with Crippen molar-refractivity contribution in [2.45, 2.75) is 104 Å². The first-order valence-electron chi connectivity index (χ1n) is 16.3. The van der Waals surface area contributed by atoms with Gasteiger partial charge in [0.15, 0.2) is 0 Å². The molecule has 1 aliphatic heterocycles. The summed E-state index contributed by atoms with van der Waals surface area (Å²) in [6, 6.07) is 5.45. The van der Waals surface area contributed by atoms with Gasteiger partial charge in [-0.3, -0.25) is 14.4 Å². The molecule has 1 aliphatic carbocycles. The highest BCUT2D eigenvalue weighted by molar-refractivity contribution is 6.03. The van der Waals surface area contributed by atoms with Gasteiger partial charge in [-0.25, -0.2) is 0 Å². The molecule has 0 aromatic heterocycles. The van der Waals surface area contributed by atoms with Crippen LogP contribution in [0.5, 0.6) is 0 Å². The molecule has 2 unspecified atom stereocenters. The first-order valence-corrected chi connectivity index (χ1v) is 16.3. The Labute approximate surface area is 284 Å². The summed E-state index contributed by atoms with van der Waals surface area (Å²) in [5.74, 6) is -0.912. The Kier molecular flexibility index (Phi) is 20.8. The topological polar surface area (TPSA) is 122 Å². The molecule has 2 aliphatic rings. The maximum Gasteiger partial charge on any atom is 0.250 e. The molecule has 0 saturated heterocycles. The first-order chi connectivity index (χ1) is 22.2. The molecule has 0 spiro atoms. The van der Waals surface area contributed by atoms with Crippen molar-refractivity contribution >= 4 is 30.2 Å². The predicted octanol–water partition coefficient (Wildman–Crippen LogP) is 5.94. The summed E-state index contributed by atoms with van der Waals surface area (Å²) in [6.45, 7) is 19.3. The third kappa shape index (κ3) is 16.0. The molecule has 1 aromatic rings. The van der Waals surface area contributed by atoms with Crippen molar-refractivity contribution in [1.82, 2.24) is 10.2 Å². The molecule has 0 fully saturated rings. The SMILES string of the molecule is C=C1/C=C\C=C/C(=C)CCCC1.CC(C)C(NC(=O)[C@H](C)N(C)C=O)C(=O)N1c2ccccc2CCC1C=O.CN.COC(C)(C)C. The van der Waals surface area contributed by atoms with Crippen molar-refractivity contribution in [3.63, 3.8) is 0 Å². The van der Waals surface area contributed by atoms with E-state index >= 15 is 0 Å². The molecule has 3 rings (SSSR count). The number of anilines is 1. The van der Waals surface area contributed by atoms with Crippen molar-refractivity contribution in [2.24, 2.45) is 11.7 Å². The van der Waals surface area contributed by atoms with Crippen LogP contribution in [-0.2, 0) is 30.3 Å². The standard InChI is InChI=1S/C20H27N3O4.C12H16.C5H12O.CH5N/c1-13(2)18(21-19(26)14(3)22(4)12-25)20(27)23-16(11-24)10-9-15-7-5-6-8-17(15)23;1-11-7-3-5-9-12(2)10-6-4-8-11;1-5(2,3)6-4;1-2/h5-8,11-14,16,18H,9-10H2,1-4H3,(H,21,26);3,5,7,9H,1-2,4,6,8,10H2;1-4H3;2H2,1H3/b;7-3-,9-5-;;/t14-,16?,18?;;;/m0.../s1. The largest absolute Gasteiger partial charge is 0.379 e. The van der Waals surface area contributed by atoms with Crippen molar-refractivity contribution in [2.75, 3.05) is 26.1 Å². The molecule has 9 nitrogen and oxygen atoms in total. The molecule has 1 heterocycles. The van der Waals surface area contributed by atoms with Crippen LogP contribution in [0.25, 0.3) is 0 Å². The lowest BCUT2D eigenvalue weighted by Crippen LogP contribution is -2.58. The summed E-state index contributed by atoms with van der Waals surface area (Å²) in [4.78, 5) is 51.1. The Bertz CT molecular complexity index is 1190. The molecular weight excluding hydrogens is 592 g/mol. The van der Waals surface area contributed by atoms with Crippen molar-refractivity contribution < 1.29 is 23.9 Å². The van der Waals surface area contributed by atoms with E-state index in [9.17, 15) is 19.2 Å². The summed E-state index contributed by atoms with van der Waals surface area (Å²) in [6.07, 6.45) is 15.6. The van der Waals surface area contributed by atoms with Crippen LogP contribution in [0.4, 0.5) is 5.69 Å². The van der Waals surface area contributed by atoms with E-state index in [4.69, 9.17) is 4.74 Å². The first kappa shape index (κ1) is 43.2. The monoisotopic (exact) mass is 652 g/mol. The number of hydrogen-bond acceptors (Lipinski definition) is 6. The van der Waals surface area contributed by atoms with Crippen LogP contribution in [-0.4, -0.2) is 74.3 Å². The van der Waals surface area contributed by atoms with E-state index in [0.29, 0.717) is 18.5 Å². The molecular formula is C38H60N4O5. The second kappa shape index (κ2) is 22.7. The Morgan fingerprint density at radius 3 is 1.96 bits per heavy atom. The minimum Gasteiger partial charge on any atom is -0.379 e. The smallest absolute Gasteiger partial charge is 0.250 e. The Morgan fingerprint density at radius 2 is 1.51 bits per heavy atom. The number of fused-ring (bicyclic) bond motifs is 1. The zero-order chi connectivity index (χ0) is 36.2. The fourth-order valence-corrected chi connectivity index (χ4v) is 4.45. The van der Waals surface area contributed by atoms with Crippen LogP contribution in [0.1, 0.15) is 79.2 Å². The van der Waals surface area contributed by atoms with Crippen LogP contribution in [0.3, 0.4) is 0 Å². The van der Waals surface area contributed by atoms with Crippen LogP contribution in [0.2, 0.25) is 0 Å². The third-order valence-electron chi connectivity index (χ3n) is 7.71. The molecule has 0 saturated carbocycles. The maximum atomic E-state index is 13.3. The molecule has 0 bridgehead atoms. The van der Waals surface area contributed by atoms with Gasteiger partial charge < -0.3 is 30.4 Å². The van der Waals surface area contributed by atoms with E-state index in [1.54, 1.807) is 14.0 Å². The van der Waals surface area contributed by atoms with Gasteiger partial charge >= 0.3 is 0 Å². The van der Waals surface area contributed by atoms with Crippen LogP contribution in [0, 0.1) is 5.92 Å². The Hall–Kier alpha value is -3.82. The van der Waals surface area contributed by atoms with Gasteiger partial charge in [0.25, 0.3) is 0 Å². The summed E-state index contributed by atoms with van der Waals surface area (Å²) in [5.41, 5.74) is 8.72. The third-order valence-corrected chi connectivity index (χ3v) is 7.71. The number of amides is 3. The molecule has 0 radical (unpaired) electrons. The summed E-state index contributed by atoms with van der Waals surface area (Å²) in [7, 11) is 4.72. The molecule has 1 aromatic carbocycles. The molecule has 3 atom stereocenters. The lowest BCUT2D eigenvalue weighted by Gasteiger charge is -2.38. The average Bonchev–Trinajstić information content (AvgIpc) is 3.06. The number of rotatable bonds is 7. The minimum atomic E-state index is -0.798.